The molecule has 2 rings (SSSR count). The Morgan fingerprint density at radius 3 is 2.44 bits per heavy atom. The van der Waals surface area contributed by atoms with Gasteiger partial charge in [0.2, 0.25) is 0 Å². The van der Waals surface area contributed by atoms with E-state index in [1.54, 1.807) is 6.07 Å². The maximum absolute atomic E-state index is 10.8. The molecular formula is C12H12ClNO2. The number of aliphatic carboxylic acids is 1. The van der Waals surface area contributed by atoms with E-state index in [1.165, 1.54) is 0 Å². The fourth-order valence-corrected chi connectivity index (χ4v) is 1.65. The molecular weight excluding hydrogens is 226 g/mol. The van der Waals surface area contributed by atoms with Crippen molar-refractivity contribution in [3.8, 4) is 0 Å². The van der Waals surface area contributed by atoms with E-state index in [4.69, 9.17) is 10.8 Å². The summed E-state index contributed by atoms with van der Waals surface area (Å²) in [6, 6.07) is 12.2. The number of nitrogens with two attached hydrogens (primary N) is 1. The molecule has 3 N–H and O–H groups in total. The normalized spacial score (nSPS) is 11.8. The lowest BCUT2D eigenvalue weighted by atomic mass is 9.99. The van der Waals surface area contributed by atoms with Gasteiger partial charge in [-0.2, -0.15) is 0 Å². The Morgan fingerprint density at radius 1 is 1.12 bits per heavy atom. The van der Waals surface area contributed by atoms with Crippen LogP contribution in [0, 0.1) is 0 Å². The summed E-state index contributed by atoms with van der Waals surface area (Å²) in [7, 11) is 0. The summed E-state index contributed by atoms with van der Waals surface area (Å²) in [6.07, 6.45) is 0. The van der Waals surface area contributed by atoms with E-state index in [0.717, 1.165) is 10.8 Å². The number of carbonyl (C=O) groups is 1. The lowest BCUT2D eigenvalue weighted by molar-refractivity contribution is -0.138. The third-order valence-electron chi connectivity index (χ3n) is 2.42. The predicted molar refractivity (Wildman–Crippen MR) is 65.8 cm³/mol. The van der Waals surface area contributed by atoms with Gasteiger partial charge in [0.15, 0.2) is 0 Å². The van der Waals surface area contributed by atoms with Crippen LogP contribution in [0.3, 0.4) is 0 Å². The van der Waals surface area contributed by atoms with Gasteiger partial charge in [0, 0.05) is 0 Å². The first kappa shape index (κ1) is 12.5. The second-order valence-corrected chi connectivity index (χ2v) is 3.38. The number of benzene rings is 2. The largest absolute Gasteiger partial charge is 0.480 e. The predicted octanol–water partition coefficient (Wildman–Crippen LogP) is 2.35. The number of carboxylic acids is 1. The summed E-state index contributed by atoms with van der Waals surface area (Å²) in [5, 5.41) is 10.8. The van der Waals surface area contributed by atoms with Crippen LogP contribution in [0.4, 0.5) is 0 Å². The van der Waals surface area contributed by atoms with Gasteiger partial charge in [-0.15, -0.1) is 12.4 Å². The van der Waals surface area contributed by atoms with Crippen molar-refractivity contribution in [3.05, 3.63) is 48.0 Å². The minimum absolute atomic E-state index is 0. The van der Waals surface area contributed by atoms with Gasteiger partial charge in [0.05, 0.1) is 0 Å². The molecule has 0 aromatic heterocycles. The molecule has 0 unspecified atom stereocenters. The lowest BCUT2D eigenvalue weighted by Crippen LogP contribution is -2.20. The second-order valence-electron chi connectivity index (χ2n) is 3.38. The molecule has 2 aromatic carbocycles. The van der Waals surface area contributed by atoms with Crippen molar-refractivity contribution in [2.45, 2.75) is 6.04 Å². The van der Waals surface area contributed by atoms with Gasteiger partial charge in [-0.1, -0.05) is 42.5 Å². The number of hydrogen-bond donors (Lipinski definition) is 2. The highest BCUT2D eigenvalue weighted by molar-refractivity contribution is 5.90. The molecule has 0 saturated carbocycles. The summed E-state index contributed by atoms with van der Waals surface area (Å²) >= 11 is 0. The van der Waals surface area contributed by atoms with Crippen molar-refractivity contribution < 1.29 is 9.90 Å². The highest BCUT2D eigenvalue weighted by Crippen LogP contribution is 2.22. The highest BCUT2D eigenvalue weighted by atomic mass is 35.5. The zero-order chi connectivity index (χ0) is 10.8. The van der Waals surface area contributed by atoms with Crippen molar-refractivity contribution in [2.24, 2.45) is 5.73 Å². The summed E-state index contributed by atoms with van der Waals surface area (Å²) in [5.41, 5.74) is 6.26. The molecule has 0 amide bonds. The Kier molecular flexibility index (Phi) is 3.88. The molecule has 0 fully saturated rings. The Balaban J connectivity index is 0.00000128. The highest BCUT2D eigenvalue weighted by Gasteiger charge is 2.15. The van der Waals surface area contributed by atoms with Crippen LogP contribution in [0.5, 0.6) is 0 Å². The molecule has 4 heteroatoms. The first-order chi connectivity index (χ1) is 7.20. The molecule has 1 atom stereocenters. The quantitative estimate of drug-likeness (QED) is 0.843. The second kappa shape index (κ2) is 4.96. The minimum atomic E-state index is -1.01. The number of halogens is 1. The van der Waals surface area contributed by atoms with Crippen molar-refractivity contribution in [3.63, 3.8) is 0 Å². The Labute approximate surface area is 99.3 Å². The van der Waals surface area contributed by atoms with E-state index in [0.29, 0.717) is 5.56 Å². The monoisotopic (exact) mass is 237 g/mol. The summed E-state index contributed by atoms with van der Waals surface area (Å²) in [4.78, 5) is 10.8. The molecule has 16 heavy (non-hydrogen) atoms. The molecule has 0 saturated heterocycles. The summed E-state index contributed by atoms with van der Waals surface area (Å²) in [5.74, 6) is -1.01. The molecule has 2 aromatic rings. The van der Waals surface area contributed by atoms with Crippen molar-refractivity contribution in [1.29, 1.82) is 0 Å². The zero-order valence-corrected chi connectivity index (χ0v) is 9.28. The first-order valence-corrected chi connectivity index (χ1v) is 4.66. The van der Waals surface area contributed by atoms with Gasteiger partial charge in [0.25, 0.3) is 0 Å². The van der Waals surface area contributed by atoms with Crippen LogP contribution in [-0.2, 0) is 4.79 Å². The van der Waals surface area contributed by atoms with Gasteiger partial charge in [-0.3, -0.25) is 4.79 Å². The van der Waals surface area contributed by atoms with Crippen molar-refractivity contribution >= 4 is 29.1 Å². The van der Waals surface area contributed by atoms with E-state index in [9.17, 15) is 4.79 Å². The lowest BCUT2D eigenvalue weighted by Gasteiger charge is -2.09. The zero-order valence-electron chi connectivity index (χ0n) is 8.46. The first-order valence-electron chi connectivity index (χ1n) is 4.66. The van der Waals surface area contributed by atoms with Crippen LogP contribution in [0.25, 0.3) is 10.8 Å². The standard InChI is InChI=1S/C12H11NO2.ClH/c13-11(12(14)15)10-7-3-5-8-4-1-2-6-9(8)10;/h1-7,11H,13H2,(H,14,15);1H/t11-;/m0./s1. The Hall–Kier alpha value is -1.58. The molecule has 0 spiro atoms. The van der Waals surface area contributed by atoms with Crippen molar-refractivity contribution in [2.75, 3.05) is 0 Å². The molecule has 0 aliphatic rings. The molecule has 0 heterocycles. The third-order valence-corrected chi connectivity index (χ3v) is 2.42. The smallest absolute Gasteiger partial charge is 0.325 e. The number of rotatable bonds is 2. The van der Waals surface area contributed by atoms with Gasteiger partial charge >= 0.3 is 5.97 Å². The average molecular weight is 238 g/mol. The van der Waals surface area contributed by atoms with Crippen LogP contribution in [-0.4, -0.2) is 11.1 Å². The number of fused-ring (bicyclic) bond motifs is 1. The fraction of sp³-hybridized carbons (Fsp3) is 0.0833. The molecule has 0 aliphatic carbocycles. The van der Waals surface area contributed by atoms with Crippen LogP contribution >= 0.6 is 12.4 Å². The molecule has 84 valence electrons. The molecule has 0 bridgehead atoms. The van der Waals surface area contributed by atoms with E-state index >= 15 is 0 Å². The third kappa shape index (κ3) is 2.15. The van der Waals surface area contributed by atoms with Gasteiger partial charge in [-0.25, -0.2) is 0 Å². The fourth-order valence-electron chi connectivity index (χ4n) is 1.65. The van der Waals surface area contributed by atoms with E-state index < -0.39 is 12.0 Å². The maximum Gasteiger partial charge on any atom is 0.325 e. The van der Waals surface area contributed by atoms with Gasteiger partial charge in [0.1, 0.15) is 6.04 Å². The average Bonchev–Trinajstić information content (AvgIpc) is 2.27. The Morgan fingerprint density at radius 2 is 1.75 bits per heavy atom. The van der Waals surface area contributed by atoms with E-state index in [1.807, 2.05) is 36.4 Å². The van der Waals surface area contributed by atoms with E-state index in [-0.39, 0.29) is 12.4 Å². The van der Waals surface area contributed by atoms with Crippen molar-refractivity contribution in [1.82, 2.24) is 0 Å². The number of carboxylic acid groups (broad SMARTS) is 1. The Bertz CT molecular complexity index is 508. The summed E-state index contributed by atoms with van der Waals surface area (Å²) in [6.45, 7) is 0. The van der Waals surface area contributed by atoms with Crippen LogP contribution < -0.4 is 5.73 Å². The SMILES string of the molecule is Cl.N[C@H](C(=O)O)c1cccc2ccccc12. The van der Waals surface area contributed by atoms with E-state index in [2.05, 4.69) is 0 Å². The molecule has 0 radical (unpaired) electrons. The molecule has 0 aliphatic heterocycles. The molecule has 3 nitrogen and oxygen atoms in total. The van der Waals surface area contributed by atoms with Crippen LogP contribution in [0.1, 0.15) is 11.6 Å². The van der Waals surface area contributed by atoms with Crippen LogP contribution in [0.15, 0.2) is 42.5 Å². The maximum atomic E-state index is 10.8. The van der Waals surface area contributed by atoms with Gasteiger partial charge < -0.3 is 10.8 Å². The van der Waals surface area contributed by atoms with Crippen LogP contribution in [0.2, 0.25) is 0 Å². The minimum Gasteiger partial charge on any atom is -0.480 e. The topological polar surface area (TPSA) is 63.3 Å². The number of hydrogen-bond acceptors (Lipinski definition) is 2. The summed E-state index contributed by atoms with van der Waals surface area (Å²) < 4.78 is 0. The van der Waals surface area contributed by atoms with Gasteiger partial charge in [-0.05, 0) is 16.3 Å².